The van der Waals surface area contributed by atoms with E-state index >= 15 is 0 Å². The van der Waals surface area contributed by atoms with Crippen LogP contribution in [0.2, 0.25) is 0 Å². The van der Waals surface area contributed by atoms with Crippen molar-refractivity contribution in [2.24, 2.45) is 0 Å². The quantitative estimate of drug-likeness (QED) is 0.656. The van der Waals surface area contributed by atoms with Crippen LogP contribution in [0.3, 0.4) is 0 Å². The van der Waals surface area contributed by atoms with Gasteiger partial charge in [-0.1, -0.05) is 12.1 Å². The summed E-state index contributed by atoms with van der Waals surface area (Å²) in [6.07, 6.45) is 5.15. The number of anilines is 2. The van der Waals surface area contributed by atoms with Gasteiger partial charge >= 0.3 is 0 Å². The van der Waals surface area contributed by atoms with Crippen LogP contribution in [-0.4, -0.2) is 60.8 Å². The molecule has 1 aliphatic rings. The van der Waals surface area contributed by atoms with Crippen LogP contribution in [0, 0.1) is 0 Å². The number of hydrogen-bond acceptors (Lipinski definition) is 8. The van der Waals surface area contributed by atoms with Crippen LogP contribution >= 0.6 is 0 Å². The molecule has 1 fully saturated rings. The highest BCUT2D eigenvalue weighted by atomic mass is 16.5. The van der Waals surface area contributed by atoms with Crippen LogP contribution in [0.5, 0.6) is 5.75 Å². The molecule has 150 valence electrons. The number of methoxy groups -OCH3 is 1. The molecule has 1 atom stereocenters. The Morgan fingerprint density at radius 1 is 1.10 bits per heavy atom. The van der Waals surface area contributed by atoms with Gasteiger partial charge in [0.05, 0.1) is 26.0 Å². The van der Waals surface area contributed by atoms with E-state index in [0.717, 1.165) is 29.1 Å². The third-order valence-corrected chi connectivity index (χ3v) is 4.81. The van der Waals surface area contributed by atoms with E-state index in [9.17, 15) is 0 Å². The summed E-state index contributed by atoms with van der Waals surface area (Å²) >= 11 is 0. The minimum atomic E-state index is -0.216. The number of morpholine rings is 1. The predicted octanol–water partition coefficient (Wildman–Crippen LogP) is 2.59. The summed E-state index contributed by atoms with van der Waals surface area (Å²) in [6.45, 7) is 1.94. The number of benzene rings is 1. The molecule has 2 aromatic heterocycles. The normalized spacial score (nSPS) is 16.5. The zero-order valence-corrected chi connectivity index (χ0v) is 16.8. The van der Waals surface area contributed by atoms with Crippen molar-refractivity contribution in [1.82, 2.24) is 19.9 Å². The summed E-state index contributed by atoms with van der Waals surface area (Å²) in [6, 6.07) is 9.71. The SMILES string of the molecule is COc1ccc(-c2cnc(N(C)C)nc2[C@@H]2CN(c3ncccn3)CCO2)cc1. The van der Waals surface area contributed by atoms with E-state index in [4.69, 9.17) is 14.5 Å². The van der Waals surface area contributed by atoms with Gasteiger partial charge < -0.3 is 19.3 Å². The average molecular weight is 392 g/mol. The van der Waals surface area contributed by atoms with E-state index in [1.165, 1.54) is 0 Å². The van der Waals surface area contributed by atoms with Gasteiger partial charge in [-0.3, -0.25) is 0 Å². The van der Waals surface area contributed by atoms with Gasteiger partial charge in [0, 0.05) is 44.8 Å². The minimum absolute atomic E-state index is 0.216. The monoisotopic (exact) mass is 392 g/mol. The maximum absolute atomic E-state index is 6.13. The van der Waals surface area contributed by atoms with Crippen LogP contribution in [0.25, 0.3) is 11.1 Å². The Bertz CT molecular complexity index is 949. The van der Waals surface area contributed by atoms with Gasteiger partial charge in [-0.15, -0.1) is 0 Å². The van der Waals surface area contributed by atoms with E-state index in [2.05, 4.69) is 19.9 Å². The Morgan fingerprint density at radius 2 is 1.86 bits per heavy atom. The lowest BCUT2D eigenvalue weighted by Gasteiger charge is -2.33. The van der Waals surface area contributed by atoms with Gasteiger partial charge in [0.25, 0.3) is 0 Å². The highest BCUT2D eigenvalue weighted by Crippen LogP contribution is 2.32. The summed E-state index contributed by atoms with van der Waals surface area (Å²) in [4.78, 5) is 22.1. The molecule has 1 aromatic carbocycles. The Kier molecular flexibility index (Phi) is 5.53. The fraction of sp³-hybridized carbons (Fsp3) is 0.333. The fourth-order valence-electron chi connectivity index (χ4n) is 3.29. The van der Waals surface area contributed by atoms with Crippen molar-refractivity contribution in [3.05, 3.63) is 54.6 Å². The molecular weight excluding hydrogens is 368 g/mol. The smallest absolute Gasteiger partial charge is 0.225 e. The molecule has 8 heteroatoms. The average Bonchev–Trinajstić information content (AvgIpc) is 2.79. The van der Waals surface area contributed by atoms with E-state index in [1.807, 2.05) is 55.5 Å². The van der Waals surface area contributed by atoms with E-state index in [1.54, 1.807) is 19.5 Å². The maximum Gasteiger partial charge on any atom is 0.225 e. The maximum atomic E-state index is 6.13. The van der Waals surface area contributed by atoms with E-state index in [0.29, 0.717) is 25.0 Å². The third-order valence-electron chi connectivity index (χ3n) is 4.81. The first kappa shape index (κ1) is 19.1. The van der Waals surface area contributed by atoms with Crippen LogP contribution < -0.4 is 14.5 Å². The minimum Gasteiger partial charge on any atom is -0.497 e. The first-order valence-electron chi connectivity index (χ1n) is 9.48. The van der Waals surface area contributed by atoms with Crippen molar-refractivity contribution in [3.8, 4) is 16.9 Å². The first-order valence-corrected chi connectivity index (χ1v) is 9.48. The van der Waals surface area contributed by atoms with Gasteiger partial charge in [0.2, 0.25) is 11.9 Å². The van der Waals surface area contributed by atoms with Gasteiger partial charge in [-0.05, 0) is 23.8 Å². The third kappa shape index (κ3) is 4.12. The summed E-state index contributed by atoms with van der Waals surface area (Å²) in [5.74, 6) is 2.16. The molecule has 29 heavy (non-hydrogen) atoms. The van der Waals surface area contributed by atoms with Gasteiger partial charge in [0.15, 0.2) is 0 Å². The van der Waals surface area contributed by atoms with Crippen LogP contribution in [0.1, 0.15) is 11.8 Å². The van der Waals surface area contributed by atoms with Crippen molar-refractivity contribution in [3.63, 3.8) is 0 Å². The molecule has 1 saturated heterocycles. The van der Waals surface area contributed by atoms with Crippen molar-refractivity contribution >= 4 is 11.9 Å². The standard InChI is InChI=1S/C21H24N6O2/c1-26(2)21-24-13-17(15-5-7-16(28-3)8-6-15)19(25-21)18-14-27(11-12-29-18)20-22-9-4-10-23-20/h4-10,13,18H,11-12,14H2,1-3H3/t18-/m0/s1. The topological polar surface area (TPSA) is 76.5 Å². The Hall–Kier alpha value is -3.26. The molecule has 0 bridgehead atoms. The highest BCUT2D eigenvalue weighted by molar-refractivity contribution is 5.67. The largest absolute Gasteiger partial charge is 0.497 e. The highest BCUT2D eigenvalue weighted by Gasteiger charge is 2.28. The Balaban J connectivity index is 1.71. The summed E-state index contributed by atoms with van der Waals surface area (Å²) in [5, 5.41) is 0. The molecule has 8 nitrogen and oxygen atoms in total. The molecular formula is C21H24N6O2. The molecule has 1 aliphatic heterocycles. The van der Waals surface area contributed by atoms with Gasteiger partial charge in [-0.25, -0.2) is 19.9 Å². The fourth-order valence-corrected chi connectivity index (χ4v) is 3.29. The molecule has 0 amide bonds. The number of aromatic nitrogens is 4. The zero-order valence-electron chi connectivity index (χ0n) is 16.8. The molecule has 0 spiro atoms. The van der Waals surface area contributed by atoms with Gasteiger partial charge in [-0.2, -0.15) is 0 Å². The van der Waals surface area contributed by atoms with Crippen molar-refractivity contribution in [2.75, 3.05) is 50.7 Å². The summed E-state index contributed by atoms with van der Waals surface area (Å²) < 4.78 is 11.4. The molecule has 4 rings (SSSR count). The summed E-state index contributed by atoms with van der Waals surface area (Å²) in [7, 11) is 5.52. The molecule has 0 saturated carbocycles. The summed E-state index contributed by atoms with van der Waals surface area (Å²) in [5.41, 5.74) is 2.82. The van der Waals surface area contributed by atoms with Crippen molar-refractivity contribution in [1.29, 1.82) is 0 Å². The van der Waals surface area contributed by atoms with Crippen molar-refractivity contribution in [2.45, 2.75) is 6.10 Å². The second-order valence-electron chi connectivity index (χ2n) is 6.95. The first-order chi connectivity index (χ1) is 14.2. The molecule has 0 aliphatic carbocycles. The Morgan fingerprint density at radius 3 is 2.55 bits per heavy atom. The second-order valence-corrected chi connectivity index (χ2v) is 6.95. The molecule has 0 N–H and O–H groups in total. The lowest BCUT2D eigenvalue weighted by molar-refractivity contribution is 0.0368. The molecule has 3 aromatic rings. The number of rotatable bonds is 5. The lowest BCUT2D eigenvalue weighted by Crippen LogP contribution is -2.39. The van der Waals surface area contributed by atoms with Crippen molar-refractivity contribution < 1.29 is 9.47 Å². The zero-order chi connectivity index (χ0) is 20.2. The van der Waals surface area contributed by atoms with Crippen LogP contribution in [0.15, 0.2) is 48.9 Å². The number of hydrogen-bond donors (Lipinski definition) is 0. The predicted molar refractivity (Wildman–Crippen MR) is 111 cm³/mol. The number of nitrogens with zero attached hydrogens (tertiary/aromatic N) is 6. The molecule has 0 unspecified atom stereocenters. The van der Waals surface area contributed by atoms with Crippen LogP contribution in [-0.2, 0) is 4.74 Å². The molecule has 3 heterocycles. The van der Waals surface area contributed by atoms with E-state index in [-0.39, 0.29) is 6.10 Å². The molecule has 0 radical (unpaired) electrons. The lowest BCUT2D eigenvalue weighted by atomic mass is 10.0. The van der Waals surface area contributed by atoms with Gasteiger partial charge in [0.1, 0.15) is 11.9 Å². The number of ether oxygens (including phenoxy) is 2. The van der Waals surface area contributed by atoms with E-state index < -0.39 is 0 Å². The second kappa shape index (κ2) is 8.40. The Labute approximate surface area is 170 Å². The van der Waals surface area contributed by atoms with Crippen LogP contribution in [0.4, 0.5) is 11.9 Å².